The Balaban J connectivity index is 1.34. The van der Waals surface area contributed by atoms with Crippen LogP contribution in [0.4, 0.5) is 5.69 Å². The maximum absolute atomic E-state index is 12.7. The van der Waals surface area contributed by atoms with Crippen molar-refractivity contribution in [3.63, 3.8) is 0 Å². The van der Waals surface area contributed by atoms with Crippen LogP contribution in [-0.4, -0.2) is 23.5 Å². The molecule has 0 saturated carbocycles. The number of carbonyl (C=O) groups is 2. The predicted molar refractivity (Wildman–Crippen MR) is 146 cm³/mol. The molecule has 0 spiro atoms. The highest BCUT2D eigenvalue weighted by atomic mass is 32.1. The number of rotatable bonds is 7. The molecule has 2 amide bonds. The van der Waals surface area contributed by atoms with E-state index in [1.54, 1.807) is 30.3 Å². The Morgan fingerprint density at radius 3 is 2.37 bits per heavy atom. The van der Waals surface area contributed by atoms with Gasteiger partial charge in [-0.05, 0) is 58.7 Å². The summed E-state index contributed by atoms with van der Waals surface area (Å²) in [6.07, 6.45) is 3.94. The van der Waals surface area contributed by atoms with Crippen LogP contribution in [-0.2, 0) is 11.2 Å². The van der Waals surface area contributed by atoms with E-state index in [1.165, 1.54) is 6.08 Å². The SMILES string of the molecule is O=C(C=Cc1cccc2ccccc12)NC(=S)Nc1ccccc1C(=O)NCCc1ccccc1. The zero-order valence-corrected chi connectivity index (χ0v) is 19.8. The Hall–Kier alpha value is -4.29. The molecule has 174 valence electrons. The monoisotopic (exact) mass is 479 g/mol. The van der Waals surface area contributed by atoms with Gasteiger partial charge in [0.05, 0.1) is 11.3 Å². The molecule has 0 unspecified atom stereocenters. The third kappa shape index (κ3) is 6.62. The van der Waals surface area contributed by atoms with Gasteiger partial charge in [0.1, 0.15) is 0 Å². The van der Waals surface area contributed by atoms with Gasteiger partial charge in [-0.15, -0.1) is 0 Å². The van der Waals surface area contributed by atoms with E-state index in [0.29, 0.717) is 17.8 Å². The number of hydrogen-bond donors (Lipinski definition) is 3. The normalized spacial score (nSPS) is 10.7. The quantitative estimate of drug-likeness (QED) is 0.247. The molecule has 35 heavy (non-hydrogen) atoms. The van der Waals surface area contributed by atoms with Gasteiger partial charge in [-0.3, -0.25) is 14.9 Å². The second-order valence-corrected chi connectivity index (χ2v) is 8.29. The van der Waals surface area contributed by atoms with Crippen molar-refractivity contribution in [2.75, 3.05) is 11.9 Å². The Kier molecular flexibility index (Phi) is 7.99. The molecule has 4 rings (SSSR count). The van der Waals surface area contributed by atoms with Crippen LogP contribution in [0.2, 0.25) is 0 Å². The van der Waals surface area contributed by atoms with E-state index in [1.807, 2.05) is 72.8 Å². The summed E-state index contributed by atoms with van der Waals surface area (Å²) in [5.41, 5.74) is 3.06. The van der Waals surface area contributed by atoms with E-state index < -0.39 is 0 Å². The summed E-state index contributed by atoms with van der Waals surface area (Å²) < 4.78 is 0. The summed E-state index contributed by atoms with van der Waals surface area (Å²) in [5.74, 6) is -0.575. The van der Waals surface area contributed by atoms with Crippen LogP contribution in [0.25, 0.3) is 16.8 Å². The molecule has 0 aliphatic carbocycles. The van der Waals surface area contributed by atoms with Crippen LogP contribution >= 0.6 is 12.2 Å². The molecule has 0 radical (unpaired) electrons. The number of fused-ring (bicyclic) bond motifs is 1. The molecule has 0 heterocycles. The van der Waals surface area contributed by atoms with Gasteiger partial charge in [0.25, 0.3) is 5.91 Å². The average molecular weight is 480 g/mol. The van der Waals surface area contributed by atoms with Crippen LogP contribution in [0.15, 0.2) is 103 Å². The molecular weight excluding hydrogens is 454 g/mol. The molecular formula is C29H25N3O2S. The molecule has 6 heteroatoms. The van der Waals surface area contributed by atoms with Gasteiger partial charge in [-0.25, -0.2) is 0 Å². The highest BCUT2D eigenvalue weighted by Crippen LogP contribution is 2.19. The number of hydrogen-bond acceptors (Lipinski definition) is 3. The summed E-state index contributed by atoms with van der Waals surface area (Å²) in [6, 6.07) is 30.9. The van der Waals surface area contributed by atoms with Crippen molar-refractivity contribution in [3.05, 3.63) is 120 Å². The zero-order valence-electron chi connectivity index (χ0n) is 19.0. The summed E-state index contributed by atoms with van der Waals surface area (Å²) in [5, 5.41) is 10.8. The van der Waals surface area contributed by atoms with E-state index >= 15 is 0 Å². The minimum absolute atomic E-state index is 0.113. The van der Waals surface area contributed by atoms with Crippen LogP contribution in [0.3, 0.4) is 0 Å². The Morgan fingerprint density at radius 2 is 1.51 bits per heavy atom. The molecule has 0 saturated heterocycles. The van der Waals surface area contributed by atoms with Gasteiger partial charge in [-0.2, -0.15) is 0 Å². The number of para-hydroxylation sites is 1. The van der Waals surface area contributed by atoms with Crippen molar-refractivity contribution in [1.82, 2.24) is 10.6 Å². The number of amides is 2. The lowest BCUT2D eigenvalue weighted by Gasteiger charge is -2.13. The van der Waals surface area contributed by atoms with E-state index in [2.05, 4.69) is 16.0 Å². The molecule has 0 aliphatic heterocycles. The average Bonchev–Trinajstić information content (AvgIpc) is 2.88. The first kappa shape index (κ1) is 23.9. The van der Waals surface area contributed by atoms with Gasteiger partial charge in [0, 0.05) is 12.6 Å². The minimum atomic E-state index is -0.361. The zero-order chi connectivity index (χ0) is 24.5. The first-order valence-electron chi connectivity index (χ1n) is 11.3. The van der Waals surface area contributed by atoms with E-state index in [-0.39, 0.29) is 16.9 Å². The van der Waals surface area contributed by atoms with Gasteiger partial charge in [0.2, 0.25) is 5.91 Å². The molecule has 0 bridgehead atoms. The second-order valence-electron chi connectivity index (χ2n) is 7.88. The van der Waals surface area contributed by atoms with E-state index in [9.17, 15) is 9.59 Å². The third-order valence-electron chi connectivity index (χ3n) is 5.44. The van der Waals surface area contributed by atoms with Crippen LogP contribution < -0.4 is 16.0 Å². The van der Waals surface area contributed by atoms with Gasteiger partial charge >= 0.3 is 0 Å². The number of carbonyl (C=O) groups excluding carboxylic acids is 2. The summed E-state index contributed by atoms with van der Waals surface area (Å²) in [4.78, 5) is 25.2. The van der Waals surface area contributed by atoms with E-state index in [4.69, 9.17) is 12.2 Å². The van der Waals surface area contributed by atoms with Crippen molar-refractivity contribution in [1.29, 1.82) is 0 Å². The molecule has 4 aromatic rings. The maximum Gasteiger partial charge on any atom is 0.253 e. The smallest absolute Gasteiger partial charge is 0.253 e. The topological polar surface area (TPSA) is 70.2 Å². The molecule has 0 fully saturated rings. The minimum Gasteiger partial charge on any atom is -0.352 e. The molecule has 0 aliphatic rings. The van der Waals surface area contributed by atoms with Crippen LogP contribution in [0.5, 0.6) is 0 Å². The summed E-state index contributed by atoms with van der Waals surface area (Å²) >= 11 is 5.31. The van der Waals surface area contributed by atoms with E-state index in [0.717, 1.165) is 28.3 Å². The van der Waals surface area contributed by atoms with Gasteiger partial charge < -0.3 is 10.6 Å². The van der Waals surface area contributed by atoms with Crippen molar-refractivity contribution in [3.8, 4) is 0 Å². The standard InChI is InChI=1S/C29H25N3O2S/c33-27(18-17-23-13-8-12-22-11-4-5-14-24(22)23)32-29(35)31-26-16-7-6-15-25(26)28(34)30-20-19-21-9-2-1-3-10-21/h1-18H,19-20H2,(H,30,34)(H2,31,32,33,35). The fourth-order valence-corrected chi connectivity index (χ4v) is 3.93. The van der Waals surface area contributed by atoms with Gasteiger partial charge in [0.15, 0.2) is 5.11 Å². The predicted octanol–water partition coefficient (Wildman–Crippen LogP) is 5.34. The second kappa shape index (κ2) is 11.7. The van der Waals surface area contributed by atoms with Crippen molar-refractivity contribution in [2.24, 2.45) is 0 Å². The Morgan fingerprint density at radius 1 is 0.800 bits per heavy atom. The van der Waals surface area contributed by atoms with Crippen molar-refractivity contribution >= 4 is 51.7 Å². The first-order chi connectivity index (χ1) is 17.1. The number of benzene rings is 4. The molecule has 5 nitrogen and oxygen atoms in total. The fourth-order valence-electron chi connectivity index (χ4n) is 3.72. The first-order valence-corrected chi connectivity index (χ1v) is 11.7. The highest BCUT2D eigenvalue weighted by Gasteiger charge is 2.12. The lowest BCUT2D eigenvalue weighted by atomic mass is 10.0. The summed E-state index contributed by atoms with van der Waals surface area (Å²) in [6.45, 7) is 0.511. The molecule has 0 aromatic heterocycles. The Bertz CT molecular complexity index is 1380. The maximum atomic E-state index is 12.7. The number of anilines is 1. The third-order valence-corrected chi connectivity index (χ3v) is 5.64. The highest BCUT2D eigenvalue weighted by molar-refractivity contribution is 7.80. The van der Waals surface area contributed by atoms with Gasteiger partial charge in [-0.1, -0.05) is 84.9 Å². The lowest BCUT2D eigenvalue weighted by molar-refractivity contribution is -0.115. The Labute approximate surface area is 209 Å². The fraction of sp³-hybridized carbons (Fsp3) is 0.0690. The van der Waals surface area contributed by atoms with Crippen LogP contribution in [0, 0.1) is 0 Å². The molecule has 0 atom stereocenters. The molecule has 4 aromatic carbocycles. The number of nitrogens with one attached hydrogen (secondary N) is 3. The molecule has 3 N–H and O–H groups in total. The van der Waals surface area contributed by atoms with Crippen LogP contribution in [0.1, 0.15) is 21.5 Å². The largest absolute Gasteiger partial charge is 0.352 e. The number of thiocarbonyl (C=S) groups is 1. The van der Waals surface area contributed by atoms with Crippen molar-refractivity contribution < 1.29 is 9.59 Å². The van der Waals surface area contributed by atoms with Crippen molar-refractivity contribution in [2.45, 2.75) is 6.42 Å². The lowest BCUT2D eigenvalue weighted by Crippen LogP contribution is -2.34. The summed E-state index contributed by atoms with van der Waals surface area (Å²) in [7, 11) is 0.